The number of H-pyrrole nitrogens is 1. The number of hydrogen-bond donors (Lipinski definition) is 1. The molecule has 0 atom stereocenters. The molecule has 2 aromatic carbocycles. The predicted molar refractivity (Wildman–Crippen MR) is 100 cm³/mol. The molecule has 0 spiro atoms. The van der Waals surface area contributed by atoms with E-state index >= 15 is 0 Å². The summed E-state index contributed by atoms with van der Waals surface area (Å²) >= 11 is 0. The summed E-state index contributed by atoms with van der Waals surface area (Å²) in [5, 5.41) is 0. The average Bonchev–Trinajstić information content (AvgIpc) is 3.30. The number of amides is 1. The van der Waals surface area contributed by atoms with Crippen molar-refractivity contribution in [3.8, 4) is 11.3 Å². The number of aromatic nitrogens is 4. The summed E-state index contributed by atoms with van der Waals surface area (Å²) in [5.74, 6) is 0.455. The van der Waals surface area contributed by atoms with Gasteiger partial charge in [0.1, 0.15) is 0 Å². The molecule has 6 heteroatoms. The van der Waals surface area contributed by atoms with Gasteiger partial charge in [0.25, 0.3) is 5.91 Å². The Morgan fingerprint density at radius 1 is 1.04 bits per heavy atom. The van der Waals surface area contributed by atoms with Gasteiger partial charge < -0.3 is 14.5 Å². The maximum atomic E-state index is 13.2. The summed E-state index contributed by atoms with van der Waals surface area (Å²) in [5.41, 5.74) is 4.70. The van der Waals surface area contributed by atoms with Crippen molar-refractivity contribution in [2.75, 3.05) is 11.4 Å². The van der Waals surface area contributed by atoms with Crippen molar-refractivity contribution in [2.45, 2.75) is 13.0 Å². The molecule has 1 N–H and O–H groups in total. The van der Waals surface area contributed by atoms with Crippen molar-refractivity contribution in [3.63, 3.8) is 0 Å². The van der Waals surface area contributed by atoms with Crippen molar-refractivity contribution < 1.29 is 4.79 Å². The average molecular weight is 343 g/mol. The highest BCUT2D eigenvalue weighted by molar-refractivity contribution is 6.06. The fourth-order valence-corrected chi connectivity index (χ4v) is 3.58. The molecule has 1 aliphatic rings. The number of hydrogen-bond acceptors (Lipinski definition) is 3. The van der Waals surface area contributed by atoms with Crippen LogP contribution in [0.25, 0.3) is 22.3 Å². The summed E-state index contributed by atoms with van der Waals surface area (Å²) in [6.45, 7) is 1.46. The monoisotopic (exact) mass is 343 g/mol. The summed E-state index contributed by atoms with van der Waals surface area (Å²) in [6, 6.07) is 15.9. The van der Waals surface area contributed by atoms with Crippen molar-refractivity contribution >= 4 is 22.6 Å². The molecular weight excluding hydrogens is 326 g/mol. The van der Waals surface area contributed by atoms with E-state index in [4.69, 9.17) is 0 Å². The van der Waals surface area contributed by atoms with Crippen molar-refractivity contribution in [3.05, 3.63) is 66.9 Å². The smallest absolute Gasteiger partial charge is 0.294 e. The van der Waals surface area contributed by atoms with Gasteiger partial charge in [0.05, 0.1) is 29.3 Å². The SMILES string of the molecule is O=C1c2nc3ccccc3n2CCCN1c1cccc(-c2cnc[nH]2)c1. The number of rotatable bonds is 2. The number of anilines is 1. The molecule has 0 fully saturated rings. The molecule has 0 radical (unpaired) electrons. The number of nitrogens with zero attached hydrogens (tertiary/aromatic N) is 4. The molecule has 2 aromatic heterocycles. The van der Waals surface area contributed by atoms with Crippen LogP contribution < -0.4 is 4.90 Å². The molecule has 4 aromatic rings. The highest BCUT2D eigenvalue weighted by Crippen LogP contribution is 2.27. The quantitative estimate of drug-likeness (QED) is 0.606. The normalized spacial score (nSPS) is 14.5. The third-order valence-electron chi connectivity index (χ3n) is 4.82. The molecule has 1 aliphatic heterocycles. The van der Waals surface area contributed by atoms with E-state index in [1.807, 2.05) is 58.0 Å². The Kier molecular flexibility index (Phi) is 3.35. The summed E-state index contributed by atoms with van der Waals surface area (Å²) in [4.78, 5) is 26.8. The second-order valence-electron chi connectivity index (χ2n) is 6.40. The molecular formula is C20H17N5O. The Bertz CT molecular complexity index is 1100. The van der Waals surface area contributed by atoms with Gasteiger partial charge >= 0.3 is 0 Å². The molecule has 3 heterocycles. The Balaban J connectivity index is 1.58. The van der Waals surface area contributed by atoms with Crippen LogP contribution in [-0.4, -0.2) is 32.0 Å². The minimum Gasteiger partial charge on any atom is -0.345 e. The fraction of sp³-hybridized carbons (Fsp3) is 0.150. The number of nitrogens with one attached hydrogen (secondary N) is 1. The number of fused-ring (bicyclic) bond motifs is 3. The number of carbonyl (C=O) groups is 1. The first-order valence-electron chi connectivity index (χ1n) is 8.67. The van der Waals surface area contributed by atoms with Gasteiger partial charge in [-0.2, -0.15) is 0 Å². The number of imidazole rings is 2. The maximum absolute atomic E-state index is 13.2. The van der Waals surface area contributed by atoms with Gasteiger partial charge in [-0.1, -0.05) is 24.3 Å². The number of benzene rings is 2. The van der Waals surface area contributed by atoms with E-state index < -0.39 is 0 Å². The van der Waals surface area contributed by atoms with Gasteiger partial charge in [-0.25, -0.2) is 9.97 Å². The van der Waals surface area contributed by atoms with E-state index in [9.17, 15) is 4.79 Å². The third-order valence-corrected chi connectivity index (χ3v) is 4.82. The van der Waals surface area contributed by atoms with E-state index in [1.54, 1.807) is 12.5 Å². The van der Waals surface area contributed by atoms with E-state index in [-0.39, 0.29) is 5.91 Å². The van der Waals surface area contributed by atoms with Gasteiger partial charge in [-0.15, -0.1) is 0 Å². The Hall–Kier alpha value is -3.41. The Labute approximate surface area is 150 Å². The maximum Gasteiger partial charge on any atom is 0.294 e. The lowest BCUT2D eigenvalue weighted by molar-refractivity contribution is 0.0979. The van der Waals surface area contributed by atoms with Gasteiger partial charge in [-0.3, -0.25) is 4.79 Å². The number of aromatic amines is 1. The standard InChI is InChI=1S/C20H17N5O/c26-20-19-23-16-7-1-2-8-18(16)25(19)10-4-9-24(20)15-6-3-5-14(11-15)17-12-21-13-22-17/h1-3,5-8,11-13H,4,9-10H2,(H,21,22). The highest BCUT2D eigenvalue weighted by atomic mass is 16.2. The largest absolute Gasteiger partial charge is 0.345 e. The van der Waals surface area contributed by atoms with Crippen LogP contribution >= 0.6 is 0 Å². The molecule has 0 unspecified atom stereocenters. The zero-order valence-corrected chi connectivity index (χ0v) is 14.1. The van der Waals surface area contributed by atoms with Crippen LogP contribution in [0.4, 0.5) is 5.69 Å². The van der Waals surface area contributed by atoms with Gasteiger partial charge in [0.2, 0.25) is 5.82 Å². The summed E-state index contributed by atoms with van der Waals surface area (Å²) in [6.07, 6.45) is 4.32. The van der Waals surface area contributed by atoms with Crippen molar-refractivity contribution in [1.82, 2.24) is 19.5 Å². The van der Waals surface area contributed by atoms with Crippen LogP contribution in [0.15, 0.2) is 61.1 Å². The Morgan fingerprint density at radius 3 is 2.85 bits per heavy atom. The molecule has 0 bridgehead atoms. The van der Waals surface area contributed by atoms with E-state index in [0.717, 1.165) is 40.9 Å². The summed E-state index contributed by atoms with van der Waals surface area (Å²) in [7, 11) is 0. The van der Waals surface area contributed by atoms with Gasteiger partial charge in [0.15, 0.2) is 0 Å². The van der Waals surface area contributed by atoms with Gasteiger partial charge in [0, 0.05) is 24.3 Å². The fourth-order valence-electron chi connectivity index (χ4n) is 3.58. The van der Waals surface area contributed by atoms with Crippen LogP contribution in [0.3, 0.4) is 0 Å². The number of carbonyl (C=O) groups excluding carboxylic acids is 1. The molecule has 128 valence electrons. The first-order valence-corrected chi connectivity index (χ1v) is 8.67. The second-order valence-corrected chi connectivity index (χ2v) is 6.40. The third kappa shape index (κ3) is 2.30. The van der Waals surface area contributed by atoms with Gasteiger partial charge in [-0.05, 0) is 30.7 Å². The van der Waals surface area contributed by atoms with Crippen LogP contribution in [-0.2, 0) is 6.54 Å². The summed E-state index contributed by atoms with van der Waals surface area (Å²) < 4.78 is 2.04. The number of para-hydroxylation sites is 2. The first-order chi connectivity index (χ1) is 12.8. The zero-order chi connectivity index (χ0) is 17.5. The lowest BCUT2D eigenvalue weighted by atomic mass is 10.1. The Morgan fingerprint density at radius 2 is 1.96 bits per heavy atom. The molecule has 0 saturated carbocycles. The first kappa shape index (κ1) is 14.9. The van der Waals surface area contributed by atoms with E-state index in [1.165, 1.54) is 0 Å². The van der Waals surface area contributed by atoms with Crippen molar-refractivity contribution in [2.24, 2.45) is 0 Å². The molecule has 0 aliphatic carbocycles. The van der Waals surface area contributed by atoms with Crippen LogP contribution in [0.1, 0.15) is 17.0 Å². The zero-order valence-electron chi connectivity index (χ0n) is 14.1. The lowest BCUT2D eigenvalue weighted by Crippen LogP contribution is -2.31. The number of aryl methyl sites for hydroxylation is 1. The van der Waals surface area contributed by atoms with Crippen LogP contribution in [0, 0.1) is 0 Å². The van der Waals surface area contributed by atoms with E-state index in [2.05, 4.69) is 15.0 Å². The second kappa shape index (κ2) is 5.84. The van der Waals surface area contributed by atoms with Crippen LogP contribution in [0.5, 0.6) is 0 Å². The topological polar surface area (TPSA) is 66.8 Å². The minimum atomic E-state index is -0.0551. The predicted octanol–water partition coefficient (Wildman–Crippen LogP) is 3.48. The molecule has 5 rings (SSSR count). The van der Waals surface area contributed by atoms with E-state index in [0.29, 0.717) is 12.4 Å². The lowest BCUT2D eigenvalue weighted by Gasteiger charge is -2.20. The van der Waals surface area contributed by atoms with Crippen molar-refractivity contribution in [1.29, 1.82) is 0 Å². The molecule has 6 nitrogen and oxygen atoms in total. The highest BCUT2D eigenvalue weighted by Gasteiger charge is 2.27. The molecule has 0 saturated heterocycles. The molecule has 1 amide bonds. The van der Waals surface area contributed by atoms with Crippen LogP contribution in [0.2, 0.25) is 0 Å². The molecule has 26 heavy (non-hydrogen) atoms. The minimum absolute atomic E-state index is 0.0551.